The third-order valence-corrected chi connectivity index (χ3v) is 4.53. The number of aryl methyl sites for hydroxylation is 2. The van der Waals surface area contributed by atoms with E-state index >= 15 is 0 Å². The van der Waals surface area contributed by atoms with Crippen LogP contribution in [0.1, 0.15) is 43.5 Å². The highest BCUT2D eigenvalue weighted by molar-refractivity contribution is 5.34. The highest BCUT2D eigenvalue weighted by Crippen LogP contribution is 2.34. The molecule has 1 aromatic heterocycles. The van der Waals surface area contributed by atoms with Crippen LogP contribution in [0.2, 0.25) is 0 Å². The summed E-state index contributed by atoms with van der Waals surface area (Å²) in [6.07, 6.45) is 3.85. The second-order valence-corrected chi connectivity index (χ2v) is 5.79. The minimum Gasteiger partial charge on any atom is -0.481 e. The van der Waals surface area contributed by atoms with Crippen molar-refractivity contribution in [3.63, 3.8) is 0 Å². The second kappa shape index (κ2) is 6.59. The van der Waals surface area contributed by atoms with E-state index in [1.807, 2.05) is 18.7 Å². The van der Waals surface area contributed by atoms with Gasteiger partial charge in [-0.25, -0.2) is 4.68 Å². The van der Waals surface area contributed by atoms with Crippen LogP contribution in [0, 0.1) is 12.8 Å². The van der Waals surface area contributed by atoms with Gasteiger partial charge in [-0.15, -0.1) is 0 Å². The second-order valence-electron chi connectivity index (χ2n) is 5.79. The quantitative estimate of drug-likeness (QED) is 0.894. The number of hydrogen-bond donors (Lipinski definition) is 1. The number of piperidine rings is 1. The first-order chi connectivity index (χ1) is 9.62. The predicted octanol–water partition coefficient (Wildman–Crippen LogP) is 1.86. The summed E-state index contributed by atoms with van der Waals surface area (Å²) in [4.78, 5) is 2.52. The molecule has 2 rings (SSSR count). The average Bonchev–Trinajstić information content (AvgIpc) is 2.74. The van der Waals surface area contributed by atoms with Crippen LogP contribution < -0.4 is 10.5 Å². The van der Waals surface area contributed by atoms with Gasteiger partial charge in [-0.1, -0.05) is 13.3 Å². The molecule has 5 heteroatoms. The third kappa shape index (κ3) is 2.83. The van der Waals surface area contributed by atoms with E-state index in [2.05, 4.69) is 16.9 Å². The smallest absolute Gasteiger partial charge is 0.216 e. The van der Waals surface area contributed by atoms with Crippen LogP contribution in [0.4, 0.5) is 0 Å². The lowest BCUT2D eigenvalue weighted by Crippen LogP contribution is -2.41. The molecule has 1 aliphatic rings. The zero-order valence-corrected chi connectivity index (χ0v) is 13.2. The minimum atomic E-state index is 0.216. The van der Waals surface area contributed by atoms with Gasteiger partial charge in [0.1, 0.15) is 0 Å². The number of aromatic nitrogens is 2. The van der Waals surface area contributed by atoms with Crippen molar-refractivity contribution in [2.24, 2.45) is 18.7 Å². The first kappa shape index (κ1) is 15.3. The van der Waals surface area contributed by atoms with Gasteiger partial charge < -0.3 is 10.5 Å². The standard InChI is InChI=1S/C15H28N4O/c1-5-12-7-6-8-19(10-12)13(9-16)14-11(2)17-18(3)15(14)20-4/h12-13H,5-10,16H2,1-4H3. The van der Waals surface area contributed by atoms with Gasteiger partial charge in [0.25, 0.3) is 0 Å². The summed E-state index contributed by atoms with van der Waals surface area (Å²) in [5, 5.41) is 4.49. The van der Waals surface area contributed by atoms with Crippen LogP contribution in [0.15, 0.2) is 0 Å². The molecular weight excluding hydrogens is 252 g/mol. The maximum Gasteiger partial charge on any atom is 0.216 e. The van der Waals surface area contributed by atoms with Crippen molar-refractivity contribution in [2.45, 2.75) is 39.2 Å². The molecule has 114 valence electrons. The van der Waals surface area contributed by atoms with Crippen molar-refractivity contribution in [3.8, 4) is 5.88 Å². The maximum absolute atomic E-state index is 6.09. The molecule has 1 fully saturated rings. The summed E-state index contributed by atoms with van der Waals surface area (Å²) in [6.45, 7) is 7.19. The van der Waals surface area contributed by atoms with Crippen LogP contribution in [-0.4, -0.2) is 41.4 Å². The molecule has 0 spiro atoms. The van der Waals surface area contributed by atoms with E-state index in [0.29, 0.717) is 6.54 Å². The zero-order valence-electron chi connectivity index (χ0n) is 13.2. The van der Waals surface area contributed by atoms with Gasteiger partial charge in [0.05, 0.1) is 24.4 Å². The van der Waals surface area contributed by atoms with Gasteiger partial charge in [-0.05, 0) is 32.2 Å². The molecule has 0 amide bonds. The Kier molecular flexibility index (Phi) is 5.05. The first-order valence-electron chi connectivity index (χ1n) is 7.63. The van der Waals surface area contributed by atoms with Gasteiger partial charge in [0, 0.05) is 20.1 Å². The minimum absolute atomic E-state index is 0.216. The molecule has 2 N–H and O–H groups in total. The summed E-state index contributed by atoms with van der Waals surface area (Å²) < 4.78 is 7.36. The molecule has 1 aromatic rings. The lowest BCUT2D eigenvalue weighted by atomic mass is 9.93. The molecule has 20 heavy (non-hydrogen) atoms. The van der Waals surface area contributed by atoms with E-state index in [1.165, 1.54) is 19.3 Å². The zero-order chi connectivity index (χ0) is 14.7. The Hall–Kier alpha value is -1.07. The van der Waals surface area contributed by atoms with Crippen LogP contribution >= 0.6 is 0 Å². The Morgan fingerprint density at radius 1 is 1.50 bits per heavy atom. The molecule has 0 aliphatic carbocycles. The highest BCUT2D eigenvalue weighted by atomic mass is 16.5. The summed E-state index contributed by atoms with van der Waals surface area (Å²) in [6, 6.07) is 0.216. The average molecular weight is 280 g/mol. The number of ether oxygens (including phenoxy) is 1. The highest BCUT2D eigenvalue weighted by Gasteiger charge is 2.30. The van der Waals surface area contributed by atoms with Crippen LogP contribution in [0.25, 0.3) is 0 Å². The molecule has 0 bridgehead atoms. The Balaban J connectivity index is 2.28. The predicted molar refractivity (Wildman–Crippen MR) is 80.9 cm³/mol. The SMILES string of the molecule is CCC1CCCN(C(CN)c2c(C)nn(C)c2OC)C1. The van der Waals surface area contributed by atoms with Crippen molar-refractivity contribution >= 4 is 0 Å². The normalized spacial score (nSPS) is 21.9. The Morgan fingerprint density at radius 2 is 2.25 bits per heavy atom. The van der Waals surface area contributed by atoms with Crippen LogP contribution in [-0.2, 0) is 7.05 Å². The first-order valence-corrected chi connectivity index (χ1v) is 7.63. The van der Waals surface area contributed by atoms with E-state index in [1.54, 1.807) is 7.11 Å². The fourth-order valence-electron chi connectivity index (χ4n) is 3.44. The summed E-state index contributed by atoms with van der Waals surface area (Å²) in [7, 11) is 3.63. The largest absolute Gasteiger partial charge is 0.481 e. The van der Waals surface area contributed by atoms with E-state index in [-0.39, 0.29) is 6.04 Å². The topological polar surface area (TPSA) is 56.3 Å². The van der Waals surface area contributed by atoms with E-state index in [4.69, 9.17) is 10.5 Å². The maximum atomic E-state index is 6.09. The van der Waals surface area contributed by atoms with Gasteiger partial charge in [0.2, 0.25) is 5.88 Å². The molecule has 0 aromatic carbocycles. The van der Waals surface area contributed by atoms with Gasteiger partial charge in [-0.3, -0.25) is 4.90 Å². The Bertz CT molecular complexity index is 443. The van der Waals surface area contributed by atoms with Crippen molar-refractivity contribution < 1.29 is 4.74 Å². The van der Waals surface area contributed by atoms with E-state index in [0.717, 1.165) is 36.1 Å². The van der Waals surface area contributed by atoms with Crippen LogP contribution in [0.5, 0.6) is 5.88 Å². The van der Waals surface area contributed by atoms with Crippen LogP contribution in [0.3, 0.4) is 0 Å². The lowest BCUT2D eigenvalue weighted by molar-refractivity contribution is 0.122. The summed E-state index contributed by atoms with van der Waals surface area (Å²) in [5.74, 6) is 1.64. The molecule has 1 aliphatic heterocycles. The monoisotopic (exact) mass is 280 g/mol. The number of hydrogen-bond acceptors (Lipinski definition) is 4. The number of likely N-dealkylation sites (tertiary alicyclic amines) is 1. The molecule has 0 radical (unpaired) electrons. The van der Waals surface area contributed by atoms with Crippen molar-refractivity contribution in [2.75, 3.05) is 26.7 Å². The van der Waals surface area contributed by atoms with E-state index < -0.39 is 0 Å². The third-order valence-electron chi connectivity index (χ3n) is 4.53. The fraction of sp³-hybridized carbons (Fsp3) is 0.800. The number of methoxy groups -OCH3 is 1. The van der Waals surface area contributed by atoms with Crippen molar-refractivity contribution in [3.05, 3.63) is 11.3 Å². The molecule has 0 saturated carbocycles. The van der Waals surface area contributed by atoms with Crippen molar-refractivity contribution in [1.82, 2.24) is 14.7 Å². The molecule has 2 atom stereocenters. The number of nitrogens with zero attached hydrogens (tertiary/aromatic N) is 3. The van der Waals surface area contributed by atoms with Crippen molar-refractivity contribution in [1.29, 1.82) is 0 Å². The Labute approximate surface area is 122 Å². The molecule has 1 saturated heterocycles. The van der Waals surface area contributed by atoms with Gasteiger partial charge in [-0.2, -0.15) is 5.10 Å². The number of rotatable bonds is 5. The lowest BCUT2D eigenvalue weighted by Gasteiger charge is -2.37. The molecule has 2 heterocycles. The molecule has 2 unspecified atom stereocenters. The van der Waals surface area contributed by atoms with E-state index in [9.17, 15) is 0 Å². The van der Waals surface area contributed by atoms with Gasteiger partial charge in [0.15, 0.2) is 0 Å². The molecule has 5 nitrogen and oxygen atoms in total. The number of nitrogens with two attached hydrogens (primary N) is 1. The molecular formula is C15H28N4O. The fourth-order valence-corrected chi connectivity index (χ4v) is 3.44. The van der Waals surface area contributed by atoms with Gasteiger partial charge >= 0.3 is 0 Å². The summed E-state index contributed by atoms with van der Waals surface area (Å²) in [5.41, 5.74) is 8.28. The summed E-state index contributed by atoms with van der Waals surface area (Å²) >= 11 is 0. The Morgan fingerprint density at radius 3 is 2.85 bits per heavy atom.